The number of anilines is 1. The summed E-state index contributed by atoms with van der Waals surface area (Å²) < 4.78 is 28.1. The average molecular weight is 283 g/mol. The van der Waals surface area contributed by atoms with E-state index in [-0.39, 0.29) is 29.9 Å². The molecule has 1 rings (SSSR count). The number of rotatable bonds is 7. The molecule has 0 aromatic carbocycles. The van der Waals surface area contributed by atoms with E-state index in [1.165, 1.54) is 0 Å². The molecule has 0 bridgehead atoms. The van der Waals surface area contributed by atoms with Crippen LogP contribution in [0.2, 0.25) is 5.28 Å². The molecule has 100 valence electrons. The molecule has 0 spiro atoms. The molecule has 0 unspecified atom stereocenters. The highest BCUT2D eigenvalue weighted by Crippen LogP contribution is 2.21. The van der Waals surface area contributed by atoms with Crippen LogP contribution in [0, 0.1) is 10.1 Å². The molecule has 1 aromatic rings. The summed E-state index contributed by atoms with van der Waals surface area (Å²) in [6, 6.07) is 0. The van der Waals surface area contributed by atoms with Crippen LogP contribution in [0.4, 0.5) is 20.3 Å². The van der Waals surface area contributed by atoms with E-state index in [0.29, 0.717) is 0 Å². The van der Waals surface area contributed by atoms with E-state index < -0.39 is 18.0 Å². The zero-order valence-electron chi connectivity index (χ0n) is 8.98. The monoisotopic (exact) mass is 282 g/mol. The average Bonchev–Trinajstić information content (AvgIpc) is 2.27. The predicted molar refractivity (Wildman–Crippen MR) is 59.0 cm³/mol. The molecule has 10 heteroatoms. The molecule has 0 aliphatic rings. The fraction of sp³-hybridized carbons (Fsp3) is 0.500. The molecule has 1 N–H and O–H groups in total. The summed E-state index contributed by atoms with van der Waals surface area (Å²) in [5.74, 6) is -0.0827. The van der Waals surface area contributed by atoms with Gasteiger partial charge in [0.1, 0.15) is 12.8 Å². The lowest BCUT2D eigenvalue weighted by molar-refractivity contribution is -0.384. The van der Waals surface area contributed by atoms with Gasteiger partial charge in [0, 0.05) is 6.54 Å². The summed E-state index contributed by atoms with van der Waals surface area (Å²) in [5, 5.41) is 13.0. The third-order valence-corrected chi connectivity index (χ3v) is 1.90. The van der Waals surface area contributed by atoms with Crippen LogP contribution in [-0.4, -0.2) is 41.1 Å². The van der Waals surface area contributed by atoms with Crippen LogP contribution in [0.5, 0.6) is 0 Å². The van der Waals surface area contributed by atoms with Crippen molar-refractivity contribution in [1.29, 1.82) is 0 Å². The number of alkyl halides is 2. The lowest BCUT2D eigenvalue weighted by atomic mass is 10.4. The number of hydrogen-bond donors (Lipinski definition) is 1. The second-order valence-corrected chi connectivity index (χ2v) is 3.36. The topological polar surface area (TPSA) is 90.2 Å². The molecule has 0 saturated heterocycles. The van der Waals surface area contributed by atoms with Gasteiger partial charge >= 0.3 is 5.69 Å². The lowest BCUT2D eigenvalue weighted by Crippen LogP contribution is -2.14. The van der Waals surface area contributed by atoms with Gasteiger partial charge in [0.2, 0.25) is 11.1 Å². The minimum Gasteiger partial charge on any atom is -0.374 e. The normalized spacial score (nSPS) is 10.7. The van der Waals surface area contributed by atoms with Crippen LogP contribution in [0.25, 0.3) is 0 Å². The van der Waals surface area contributed by atoms with Crippen LogP contribution in [0.1, 0.15) is 0 Å². The van der Waals surface area contributed by atoms with E-state index in [1.807, 2.05) is 0 Å². The van der Waals surface area contributed by atoms with Gasteiger partial charge in [0.15, 0.2) is 0 Å². The highest BCUT2D eigenvalue weighted by Gasteiger charge is 2.16. The van der Waals surface area contributed by atoms with Crippen molar-refractivity contribution < 1.29 is 18.4 Å². The van der Waals surface area contributed by atoms with Crippen LogP contribution < -0.4 is 5.32 Å². The highest BCUT2D eigenvalue weighted by molar-refractivity contribution is 6.28. The van der Waals surface area contributed by atoms with Gasteiger partial charge in [-0.25, -0.2) is 13.8 Å². The maximum absolute atomic E-state index is 11.7. The summed E-state index contributed by atoms with van der Waals surface area (Å²) in [6.45, 7) is -0.641. The number of nitrogens with one attached hydrogen (secondary N) is 1. The summed E-state index contributed by atoms with van der Waals surface area (Å²) in [5.41, 5.74) is -0.353. The molecule has 0 aliphatic heterocycles. The maximum atomic E-state index is 11.7. The number of nitrogens with zero attached hydrogens (tertiary/aromatic N) is 3. The molecule has 1 heterocycles. The van der Waals surface area contributed by atoms with Crippen molar-refractivity contribution in [2.45, 2.75) is 6.43 Å². The number of aromatic nitrogens is 2. The quantitative estimate of drug-likeness (QED) is 0.354. The van der Waals surface area contributed by atoms with Crippen molar-refractivity contribution in [3.05, 3.63) is 21.6 Å². The van der Waals surface area contributed by atoms with Crippen molar-refractivity contribution >= 4 is 23.1 Å². The van der Waals surface area contributed by atoms with Crippen molar-refractivity contribution in [3.8, 4) is 0 Å². The largest absolute Gasteiger partial charge is 0.374 e. The Kier molecular flexibility index (Phi) is 5.59. The summed E-state index contributed by atoms with van der Waals surface area (Å²) in [7, 11) is 0. The summed E-state index contributed by atoms with van der Waals surface area (Å²) in [6.07, 6.45) is -1.59. The van der Waals surface area contributed by atoms with Crippen molar-refractivity contribution in [3.63, 3.8) is 0 Å². The molecule has 1 aromatic heterocycles. The molecule has 0 amide bonds. The molecule has 18 heavy (non-hydrogen) atoms. The van der Waals surface area contributed by atoms with Gasteiger partial charge in [-0.3, -0.25) is 10.1 Å². The molecule has 7 nitrogen and oxygen atoms in total. The second kappa shape index (κ2) is 6.97. The van der Waals surface area contributed by atoms with Crippen LogP contribution in [-0.2, 0) is 4.74 Å². The van der Waals surface area contributed by atoms with Gasteiger partial charge in [-0.05, 0) is 11.6 Å². The Balaban J connectivity index is 2.50. The van der Waals surface area contributed by atoms with Crippen LogP contribution >= 0.6 is 11.6 Å². The third kappa shape index (κ3) is 4.72. The van der Waals surface area contributed by atoms with Gasteiger partial charge in [-0.2, -0.15) is 4.98 Å². The third-order valence-electron chi connectivity index (χ3n) is 1.72. The number of hydrogen-bond acceptors (Lipinski definition) is 6. The van der Waals surface area contributed by atoms with Gasteiger partial charge < -0.3 is 10.1 Å². The Morgan fingerprint density at radius 2 is 2.33 bits per heavy atom. The van der Waals surface area contributed by atoms with E-state index in [1.54, 1.807) is 0 Å². The van der Waals surface area contributed by atoms with E-state index in [9.17, 15) is 18.9 Å². The van der Waals surface area contributed by atoms with Crippen molar-refractivity contribution in [2.75, 3.05) is 25.1 Å². The minimum absolute atomic E-state index is 0.0386. The Labute approximate surface area is 105 Å². The minimum atomic E-state index is -2.55. The van der Waals surface area contributed by atoms with Crippen LogP contribution in [0.15, 0.2) is 6.20 Å². The standard InChI is InChI=1S/C8H9ClF2N4O3/c9-8-13-3-5(15(16)17)7(14-8)12-1-2-18-4-6(10)11/h3,6H,1-2,4H2,(H,12,13,14). The molecule has 0 aliphatic carbocycles. The highest BCUT2D eigenvalue weighted by atomic mass is 35.5. The number of ether oxygens (including phenoxy) is 1. The van der Waals surface area contributed by atoms with Crippen LogP contribution in [0.3, 0.4) is 0 Å². The molecule has 0 radical (unpaired) electrons. The SMILES string of the molecule is O=[N+]([O-])c1cnc(Cl)nc1NCCOCC(F)F. The molecule has 0 saturated carbocycles. The van der Waals surface area contributed by atoms with E-state index >= 15 is 0 Å². The Bertz CT molecular complexity index is 421. The van der Waals surface area contributed by atoms with Crippen molar-refractivity contribution in [2.24, 2.45) is 0 Å². The fourth-order valence-electron chi connectivity index (χ4n) is 1.03. The first kappa shape index (κ1) is 14.5. The van der Waals surface area contributed by atoms with Gasteiger partial charge in [-0.15, -0.1) is 0 Å². The maximum Gasteiger partial charge on any atom is 0.329 e. The number of halogens is 3. The Morgan fingerprint density at radius 3 is 2.94 bits per heavy atom. The number of nitro groups is 1. The molecular weight excluding hydrogens is 274 g/mol. The fourth-order valence-corrected chi connectivity index (χ4v) is 1.16. The Hall–Kier alpha value is -1.61. The first-order valence-corrected chi connectivity index (χ1v) is 5.15. The lowest BCUT2D eigenvalue weighted by Gasteiger charge is -2.06. The van der Waals surface area contributed by atoms with E-state index in [0.717, 1.165) is 6.20 Å². The summed E-state index contributed by atoms with van der Waals surface area (Å²) in [4.78, 5) is 17.0. The zero-order chi connectivity index (χ0) is 13.5. The van der Waals surface area contributed by atoms with E-state index in [4.69, 9.17) is 11.6 Å². The van der Waals surface area contributed by atoms with Gasteiger partial charge in [0.25, 0.3) is 6.43 Å². The second-order valence-electron chi connectivity index (χ2n) is 3.02. The van der Waals surface area contributed by atoms with Gasteiger partial charge in [0.05, 0.1) is 11.5 Å². The first-order chi connectivity index (χ1) is 8.50. The smallest absolute Gasteiger partial charge is 0.329 e. The molecule has 0 atom stereocenters. The molecule has 0 fully saturated rings. The summed E-state index contributed by atoms with van der Waals surface area (Å²) >= 11 is 5.49. The zero-order valence-corrected chi connectivity index (χ0v) is 9.73. The Morgan fingerprint density at radius 1 is 1.61 bits per heavy atom. The first-order valence-electron chi connectivity index (χ1n) is 4.77. The van der Waals surface area contributed by atoms with Gasteiger partial charge in [-0.1, -0.05) is 0 Å². The van der Waals surface area contributed by atoms with Crippen molar-refractivity contribution in [1.82, 2.24) is 9.97 Å². The predicted octanol–water partition coefficient (Wildman–Crippen LogP) is 1.73. The van der Waals surface area contributed by atoms with E-state index in [2.05, 4.69) is 20.0 Å². The molecular formula is C8H9ClF2N4O3.